The van der Waals surface area contributed by atoms with E-state index in [1.807, 2.05) is 43.4 Å². The van der Waals surface area contributed by atoms with Crippen LogP contribution in [0.4, 0.5) is 0 Å². The summed E-state index contributed by atoms with van der Waals surface area (Å²) in [5, 5.41) is 5.63. The average Bonchev–Trinajstić information content (AvgIpc) is 2.81. The van der Waals surface area contributed by atoms with E-state index in [4.69, 9.17) is 9.98 Å². The molecule has 4 aromatic rings. The molecule has 3 nitrogen and oxygen atoms in total. The first-order valence-corrected chi connectivity index (χ1v) is 11.0. The van der Waals surface area contributed by atoms with Crippen LogP contribution in [0.1, 0.15) is 22.3 Å². The molecule has 0 unspecified atom stereocenters. The van der Waals surface area contributed by atoms with Gasteiger partial charge in [-0.3, -0.25) is 4.99 Å². The van der Waals surface area contributed by atoms with Crippen LogP contribution in [0.5, 0.6) is 0 Å². The maximum atomic E-state index is 4.95. The van der Waals surface area contributed by atoms with Gasteiger partial charge in [0.25, 0.3) is 0 Å². The number of rotatable bonds is 4. The van der Waals surface area contributed by atoms with E-state index in [0.717, 1.165) is 27.0 Å². The number of hydrogen-bond donors (Lipinski definition) is 1. The standard InChI is InChI=1S/C27H24BrN3/c1-19-9-8-13-22(17-19)27(31-26(29-2)21-11-4-3-5-12-21)30-18-23-16-15-20-10-6-7-14-24(20)25(23)28/h3-17H,18H2,1-2H3,(H,29,30,31). The molecule has 0 heterocycles. The molecule has 4 heteroatoms. The molecule has 4 aromatic carbocycles. The molecule has 154 valence electrons. The van der Waals surface area contributed by atoms with Crippen molar-refractivity contribution in [3.05, 3.63) is 118 Å². The smallest absolute Gasteiger partial charge is 0.157 e. The fourth-order valence-corrected chi connectivity index (χ4v) is 4.12. The van der Waals surface area contributed by atoms with Crippen LogP contribution in [0.15, 0.2) is 105 Å². The number of hydrogen-bond acceptors (Lipinski definition) is 1. The summed E-state index contributed by atoms with van der Waals surface area (Å²) >= 11 is 3.78. The fourth-order valence-electron chi connectivity index (χ4n) is 3.50. The number of fused-ring (bicyclic) bond motifs is 1. The number of nitrogens with zero attached hydrogens (tertiary/aromatic N) is 2. The Morgan fingerprint density at radius 1 is 0.839 bits per heavy atom. The van der Waals surface area contributed by atoms with Crippen molar-refractivity contribution in [2.75, 3.05) is 7.05 Å². The van der Waals surface area contributed by atoms with Crippen LogP contribution in [0.25, 0.3) is 10.8 Å². The highest BCUT2D eigenvalue weighted by Crippen LogP contribution is 2.28. The van der Waals surface area contributed by atoms with Crippen LogP contribution in [-0.2, 0) is 6.54 Å². The number of halogens is 1. The van der Waals surface area contributed by atoms with E-state index in [1.165, 1.54) is 16.3 Å². The number of amidine groups is 2. The van der Waals surface area contributed by atoms with Crippen molar-refractivity contribution in [2.45, 2.75) is 13.5 Å². The lowest BCUT2D eigenvalue weighted by Gasteiger charge is -2.10. The number of nitrogens with one attached hydrogen (secondary N) is 1. The Balaban J connectivity index is 1.77. The van der Waals surface area contributed by atoms with Gasteiger partial charge in [-0.25, -0.2) is 4.99 Å². The van der Waals surface area contributed by atoms with E-state index >= 15 is 0 Å². The van der Waals surface area contributed by atoms with Crippen molar-refractivity contribution in [1.82, 2.24) is 5.32 Å². The van der Waals surface area contributed by atoms with E-state index in [2.05, 4.69) is 82.8 Å². The summed E-state index contributed by atoms with van der Waals surface area (Å²) in [5.41, 5.74) is 4.33. The Bertz CT molecular complexity index is 1260. The van der Waals surface area contributed by atoms with Gasteiger partial charge in [0.15, 0.2) is 5.84 Å². The molecule has 0 spiro atoms. The molecule has 0 amide bonds. The largest absolute Gasteiger partial charge is 0.373 e. The van der Waals surface area contributed by atoms with Gasteiger partial charge < -0.3 is 5.32 Å². The van der Waals surface area contributed by atoms with Gasteiger partial charge in [0.1, 0.15) is 5.84 Å². The Labute approximate surface area is 191 Å². The Morgan fingerprint density at radius 2 is 1.58 bits per heavy atom. The number of aliphatic imine (C=N–C) groups is 2. The van der Waals surface area contributed by atoms with Crippen LogP contribution in [0, 0.1) is 6.92 Å². The molecule has 0 radical (unpaired) electrons. The van der Waals surface area contributed by atoms with Crippen LogP contribution < -0.4 is 5.32 Å². The molecule has 0 bridgehead atoms. The maximum Gasteiger partial charge on any atom is 0.157 e. The third kappa shape index (κ3) is 4.92. The zero-order valence-electron chi connectivity index (χ0n) is 17.6. The second kappa shape index (κ2) is 9.71. The first-order valence-electron chi connectivity index (χ1n) is 10.2. The van der Waals surface area contributed by atoms with Gasteiger partial charge >= 0.3 is 0 Å². The molecule has 1 N–H and O–H groups in total. The quantitative estimate of drug-likeness (QED) is 0.268. The van der Waals surface area contributed by atoms with Crippen molar-refractivity contribution in [1.29, 1.82) is 0 Å². The molecule has 0 saturated carbocycles. The SMILES string of the molecule is CN/C(=N\C(=N/Cc1ccc2ccccc2c1Br)c1cccc(C)c1)c1ccccc1. The minimum absolute atomic E-state index is 0.532. The zero-order valence-corrected chi connectivity index (χ0v) is 19.2. The summed E-state index contributed by atoms with van der Waals surface area (Å²) in [6.07, 6.45) is 0. The Hall–Kier alpha value is -3.24. The minimum atomic E-state index is 0.532. The first kappa shape index (κ1) is 21.0. The topological polar surface area (TPSA) is 36.8 Å². The summed E-state index contributed by atoms with van der Waals surface area (Å²) in [7, 11) is 1.89. The first-order chi connectivity index (χ1) is 15.2. The molecule has 0 aliphatic rings. The molecule has 0 fully saturated rings. The van der Waals surface area contributed by atoms with Gasteiger partial charge in [0.05, 0.1) is 6.54 Å². The van der Waals surface area contributed by atoms with E-state index in [-0.39, 0.29) is 0 Å². The lowest BCUT2D eigenvalue weighted by Crippen LogP contribution is -2.21. The summed E-state index contributed by atoms with van der Waals surface area (Å²) in [6.45, 7) is 2.62. The second-order valence-corrected chi connectivity index (χ2v) is 8.14. The Morgan fingerprint density at radius 3 is 2.35 bits per heavy atom. The van der Waals surface area contributed by atoms with Gasteiger partial charge in [0, 0.05) is 22.6 Å². The van der Waals surface area contributed by atoms with Crippen molar-refractivity contribution < 1.29 is 0 Å². The van der Waals surface area contributed by atoms with Gasteiger partial charge in [0.2, 0.25) is 0 Å². The molecule has 4 rings (SSSR count). The van der Waals surface area contributed by atoms with Crippen LogP contribution in [-0.4, -0.2) is 18.7 Å². The summed E-state index contributed by atoms with van der Waals surface area (Å²) < 4.78 is 1.08. The highest BCUT2D eigenvalue weighted by Gasteiger charge is 2.09. The van der Waals surface area contributed by atoms with Crippen molar-refractivity contribution in [3.63, 3.8) is 0 Å². The van der Waals surface area contributed by atoms with Crippen molar-refractivity contribution in [2.24, 2.45) is 9.98 Å². The van der Waals surface area contributed by atoms with Gasteiger partial charge in [-0.05, 0) is 45.3 Å². The minimum Gasteiger partial charge on any atom is -0.373 e. The third-order valence-electron chi connectivity index (χ3n) is 5.12. The normalized spacial score (nSPS) is 12.2. The van der Waals surface area contributed by atoms with Crippen molar-refractivity contribution >= 4 is 38.4 Å². The van der Waals surface area contributed by atoms with Gasteiger partial charge in [-0.1, -0.05) is 90.5 Å². The Kier molecular flexibility index (Phi) is 6.58. The number of aryl methyl sites for hydroxylation is 1. The van der Waals surface area contributed by atoms with E-state index in [0.29, 0.717) is 12.4 Å². The summed E-state index contributed by atoms with van der Waals surface area (Å²) in [5.74, 6) is 1.50. The lowest BCUT2D eigenvalue weighted by molar-refractivity contribution is 1.05. The van der Waals surface area contributed by atoms with Crippen molar-refractivity contribution in [3.8, 4) is 0 Å². The molecule has 0 aliphatic carbocycles. The predicted molar refractivity (Wildman–Crippen MR) is 135 cm³/mol. The molecule has 0 saturated heterocycles. The highest BCUT2D eigenvalue weighted by atomic mass is 79.9. The lowest BCUT2D eigenvalue weighted by atomic mass is 10.1. The van der Waals surface area contributed by atoms with E-state index in [9.17, 15) is 0 Å². The monoisotopic (exact) mass is 469 g/mol. The molecular formula is C27H24BrN3. The highest BCUT2D eigenvalue weighted by molar-refractivity contribution is 9.10. The number of benzene rings is 4. The second-order valence-electron chi connectivity index (χ2n) is 7.35. The fraction of sp³-hybridized carbons (Fsp3) is 0.111. The van der Waals surface area contributed by atoms with Crippen LogP contribution >= 0.6 is 15.9 Å². The van der Waals surface area contributed by atoms with Crippen LogP contribution in [0.2, 0.25) is 0 Å². The molecule has 0 aromatic heterocycles. The van der Waals surface area contributed by atoms with Gasteiger partial charge in [-0.15, -0.1) is 0 Å². The maximum absolute atomic E-state index is 4.95. The van der Waals surface area contributed by atoms with Gasteiger partial charge in [-0.2, -0.15) is 0 Å². The molecular weight excluding hydrogens is 446 g/mol. The van der Waals surface area contributed by atoms with E-state index in [1.54, 1.807) is 0 Å². The molecule has 31 heavy (non-hydrogen) atoms. The average molecular weight is 470 g/mol. The predicted octanol–water partition coefficient (Wildman–Crippen LogP) is 6.52. The van der Waals surface area contributed by atoms with E-state index < -0.39 is 0 Å². The third-order valence-corrected chi connectivity index (χ3v) is 6.06. The molecule has 0 atom stereocenters. The van der Waals surface area contributed by atoms with Crippen LogP contribution in [0.3, 0.4) is 0 Å². The zero-order chi connectivity index (χ0) is 21.6. The summed E-state index contributed by atoms with van der Waals surface area (Å²) in [6, 6.07) is 31.1. The molecule has 0 aliphatic heterocycles. The summed E-state index contributed by atoms with van der Waals surface area (Å²) in [4.78, 5) is 9.87.